The van der Waals surface area contributed by atoms with Gasteiger partial charge in [-0.1, -0.05) is 87.5 Å². The molecule has 6 nitrogen and oxygen atoms in total. The number of imidazole rings is 1. The Kier molecular flexibility index (Phi) is 7.83. The molecule has 4 rings (SSSR count). The molecule has 6 heteroatoms. The number of carbonyl (C=O) groups is 1. The Balaban J connectivity index is 1.83. The van der Waals surface area contributed by atoms with Crippen LogP contribution in [0.15, 0.2) is 78.5 Å². The molecule has 1 amide bonds. The molecule has 0 aliphatic carbocycles. The smallest absolute Gasteiger partial charge is 0.249 e. The second kappa shape index (κ2) is 11.0. The minimum atomic E-state index is -0.260. The van der Waals surface area contributed by atoms with Gasteiger partial charge in [0.05, 0.1) is 11.7 Å². The van der Waals surface area contributed by atoms with Gasteiger partial charge in [0, 0.05) is 45.0 Å². The first-order chi connectivity index (χ1) is 16.9. The van der Waals surface area contributed by atoms with Crippen molar-refractivity contribution in [3.05, 3.63) is 89.9 Å². The quantitative estimate of drug-likeness (QED) is 0.459. The summed E-state index contributed by atoms with van der Waals surface area (Å²) >= 11 is 0. The van der Waals surface area contributed by atoms with Crippen molar-refractivity contribution < 1.29 is 9.53 Å². The van der Waals surface area contributed by atoms with Crippen LogP contribution < -0.4 is 5.32 Å². The third-order valence-corrected chi connectivity index (χ3v) is 6.30. The SMILES string of the molecule is COCC(=O)N(CC1=CCNC1)[C@@H](c1nc(-c2ccccc2)cn1Cc1ccccc1)C(C)(C)C. The lowest BCUT2D eigenvalue weighted by molar-refractivity contribution is -0.140. The van der Waals surface area contributed by atoms with Crippen LogP contribution >= 0.6 is 0 Å². The van der Waals surface area contributed by atoms with Gasteiger partial charge in [0.1, 0.15) is 12.4 Å². The molecule has 0 radical (unpaired) electrons. The van der Waals surface area contributed by atoms with Crippen LogP contribution in [0.4, 0.5) is 0 Å². The van der Waals surface area contributed by atoms with Crippen molar-refractivity contribution in [1.82, 2.24) is 19.8 Å². The number of aromatic nitrogens is 2. The van der Waals surface area contributed by atoms with Crippen molar-refractivity contribution in [3.63, 3.8) is 0 Å². The van der Waals surface area contributed by atoms with Crippen molar-refractivity contribution in [2.75, 3.05) is 33.4 Å². The molecule has 1 aliphatic heterocycles. The molecule has 0 saturated heterocycles. The van der Waals surface area contributed by atoms with E-state index in [0.717, 1.165) is 30.2 Å². The van der Waals surface area contributed by atoms with Gasteiger partial charge in [0.15, 0.2) is 0 Å². The highest BCUT2D eigenvalue weighted by molar-refractivity contribution is 5.78. The van der Waals surface area contributed by atoms with Gasteiger partial charge in [-0.2, -0.15) is 0 Å². The van der Waals surface area contributed by atoms with Crippen LogP contribution in [0.2, 0.25) is 0 Å². The van der Waals surface area contributed by atoms with Gasteiger partial charge in [0.25, 0.3) is 0 Å². The third kappa shape index (κ3) is 6.08. The highest BCUT2D eigenvalue weighted by Gasteiger charge is 2.38. The number of nitrogens with one attached hydrogen (secondary N) is 1. The Morgan fingerprint density at radius 1 is 1.11 bits per heavy atom. The van der Waals surface area contributed by atoms with Crippen LogP contribution in [0.3, 0.4) is 0 Å². The van der Waals surface area contributed by atoms with Crippen LogP contribution in [0.25, 0.3) is 11.3 Å². The number of methoxy groups -OCH3 is 1. The molecule has 0 spiro atoms. The summed E-state index contributed by atoms with van der Waals surface area (Å²) < 4.78 is 7.50. The van der Waals surface area contributed by atoms with Crippen LogP contribution in [-0.2, 0) is 16.1 Å². The van der Waals surface area contributed by atoms with Gasteiger partial charge in [0.2, 0.25) is 5.91 Å². The largest absolute Gasteiger partial charge is 0.375 e. The Bertz CT molecular complexity index is 1150. The number of hydrogen-bond donors (Lipinski definition) is 1. The maximum absolute atomic E-state index is 13.5. The lowest BCUT2D eigenvalue weighted by Gasteiger charge is -2.40. The molecule has 0 bridgehead atoms. The molecule has 184 valence electrons. The van der Waals surface area contributed by atoms with Gasteiger partial charge in [-0.3, -0.25) is 4.79 Å². The minimum Gasteiger partial charge on any atom is -0.375 e. The van der Waals surface area contributed by atoms with Gasteiger partial charge < -0.3 is 19.5 Å². The third-order valence-electron chi connectivity index (χ3n) is 6.30. The molecule has 1 aliphatic rings. The van der Waals surface area contributed by atoms with Gasteiger partial charge in [-0.15, -0.1) is 0 Å². The van der Waals surface area contributed by atoms with Crippen molar-refractivity contribution in [1.29, 1.82) is 0 Å². The zero-order valence-corrected chi connectivity index (χ0v) is 21.2. The second-order valence-corrected chi connectivity index (χ2v) is 10.2. The molecule has 0 unspecified atom stereocenters. The Morgan fingerprint density at radius 2 is 1.80 bits per heavy atom. The van der Waals surface area contributed by atoms with Crippen LogP contribution in [0.1, 0.15) is 38.2 Å². The van der Waals surface area contributed by atoms with E-state index in [4.69, 9.17) is 9.72 Å². The zero-order valence-electron chi connectivity index (χ0n) is 21.2. The summed E-state index contributed by atoms with van der Waals surface area (Å²) in [6.45, 7) is 9.43. The highest BCUT2D eigenvalue weighted by atomic mass is 16.5. The molecule has 1 aromatic heterocycles. The van der Waals surface area contributed by atoms with E-state index in [-0.39, 0.29) is 24.0 Å². The van der Waals surface area contributed by atoms with E-state index < -0.39 is 0 Å². The molecule has 0 fully saturated rings. The van der Waals surface area contributed by atoms with Crippen molar-refractivity contribution >= 4 is 5.91 Å². The summed E-state index contributed by atoms with van der Waals surface area (Å²) in [6, 6.07) is 20.4. The Hall–Kier alpha value is -3.22. The normalized spacial score (nSPS) is 14.6. The van der Waals surface area contributed by atoms with E-state index >= 15 is 0 Å². The monoisotopic (exact) mass is 472 g/mol. The van der Waals surface area contributed by atoms with Crippen LogP contribution in [0.5, 0.6) is 0 Å². The minimum absolute atomic E-state index is 0.0317. The number of ether oxygens (including phenoxy) is 1. The van der Waals surface area contributed by atoms with E-state index in [1.165, 1.54) is 11.1 Å². The molecule has 2 aromatic carbocycles. The maximum atomic E-state index is 13.5. The van der Waals surface area contributed by atoms with Gasteiger partial charge >= 0.3 is 0 Å². The fourth-order valence-electron chi connectivity index (χ4n) is 4.69. The van der Waals surface area contributed by atoms with E-state index in [2.05, 4.69) is 79.3 Å². The molecule has 2 heterocycles. The lowest BCUT2D eigenvalue weighted by Crippen LogP contribution is -2.45. The maximum Gasteiger partial charge on any atom is 0.249 e. The summed E-state index contributed by atoms with van der Waals surface area (Å²) in [4.78, 5) is 20.6. The molecule has 1 atom stereocenters. The average Bonchev–Trinajstić information content (AvgIpc) is 3.50. The number of benzene rings is 2. The number of rotatable bonds is 9. The zero-order chi connectivity index (χ0) is 24.8. The van der Waals surface area contributed by atoms with E-state index in [9.17, 15) is 4.79 Å². The molecular formula is C29H36N4O2. The Morgan fingerprint density at radius 3 is 2.40 bits per heavy atom. The summed E-state index contributed by atoms with van der Waals surface area (Å²) in [5.74, 6) is 0.854. The van der Waals surface area contributed by atoms with Crippen molar-refractivity contribution in [3.8, 4) is 11.3 Å². The summed E-state index contributed by atoms with van der Waals surface area (Å²) in [5, 5.41) is 3.35. The molecule has 3 aromatic rings. The highest BCUT2D eigenvalue weighted by Crippen LogP contribution is 2.39. The van der Waals surface area contributed by atoms with Crippen molar-refractivity contribution in [2.24, 2.45) is 5.41 Å². The number of amides is 1. The molecular weight excluding hydrogens is 436 g/mol. The van der Waals surface area contributed by atoms with E-state index in [1.807, 2.05) is 29.2 Å². The average molecular weight is 473 g/mol. The first-order valence-electron chi connectivity index (χ1n) is 12.2. The van der Waals surface area contributed by atoms with Crippen LogP contribution in [0, 0.1) is 5.41 Å². The lowest BCUT2D eigenvalue weighted by atomic mass is 9.84. The van der Waals surface area contributed by atoms with Crippen molar-refractivity contribution in [2.45, 2.75) is 33.4 Å². The summed E-state index contributed by atoms with van der Waals surface area (Å²) in [7, 11) is 1.57. The molecule has 0 saturated carbocycles. The fraction of sp³-hybridized carbons (Fsp3) is 0.379. The second-order valence-electron chi connectivity index (χ2n) is 10.2. The molecule has 1 N–H and O–H groups in total. The van der Waals surface area contributed by atoms with Crippen LogP contribution in [-0.4, -0.2) is 53.7 Å². The number of carbonyl (C=O) groups excluding carboxylic acids is 1. The predicted octanol–water partition coefficient (Wildman–Crippen LogP) is 4.69. The van der Waals surface area contributed by atoms with E-state index in [1.54, 1.807) is 7.11 Å². The standard InChI is InChI=1S/C29H36N4O2/c1-29(2,3)27(33(26(34)21-35-4)19-23-15-16-30-17-23)28-31-25(24-13-9-6-10-14-24)20-32(28)18-22-11-7-5-8-12-22/h5-15,20,27,30H,16-19,21H2,1-4H3/t27-/m0/s1. The first-order valence-corrected chi connectivity index (χ1v) is 12.2. The number of nitrogens with zero attached hydrogens (tertiary/aromatic N) is 3. The summed E-state index contributed by atoms with van der Waals surface area (Å²) in [6.07, 6.45) is 4.30. The molecule has 35 heavy (non-hydrogen) atoms. The van der Waals surface area contributed by atoms with Gasteiger partial charge in [-0.25, -0.2) is 4.98 Å². The summed E-state index contributed by atoms with van der Waals surface area (Å²) in [5.41, 5.74) is 4.12. The first kappa shape index (κ1) is 24.9. The predicted molar refractivity (Wildman–Crippen MR) is 140 cm³/mol. The fourth-order valence-corrected chi connectivity index (χ4v) is 4.69. The topological polar surface area (TPSA) is 59.4 Å². The number of hydrogen-bond acceptors (Lipinski definition) is 4. The van der Waals surface area contributed by atoms with E-state index in [0.29, 0.717) is 13.1 Å². The van der Waals surface area contributed by atoms with Gasteiger partial charge in [-0.05, 0) is 16.6 Å². The Labute approximate surface area is 208 Å².